The van der Waals surface area contributed by atoms with Gasteiger partial charge in [0.2, 0.25) is 5.88 Å². The molecule has 2 aromatic carbocycles. The molecule has 4 aliphatic rings. The van der Waals surface area contributed by atoms with Crippen LogP contribution in [-0.2, 0) is 9.47 Å². The third kappa shape index (κ3) is 11.8. The van der Waals surface area contributed by atoms with Crippen LogP contribution in [0, 0.1) is 0 Å². The molecule has 0 saturated carbocycles. The molecule has 25 heteroatoms. The number of nitrogens with zero attached hydrogens (tertiary/aromatic N) is 12. The smallest absolute Gasteiger partial charge is 0.247 e. The molecule has 8 aromatic rings. The number of benzene rings is 2. The molecule has 4 fully saturated rings. The van der Waals surface area contributed by atoms with E-state index in [1.54, 1.807) is 41.3 Å². The highest BCUT2D eigenvalue weighted by molar-refractivity contribution is 7.98. The average molecular weight is 1200 g/mol. The van der Waals surface area contributed by atoms with Crippen molar-refractivity contribution in [1.29, 1.82) is 0 Å². The number of fused-ring (bicyclic) bond motifs is 4. The molecule has 6 aromatic heterocycles. The van der Waals surface area contributed by atoms with E-state index in [0.29, 0.717) is 64.8 Å². The maximum atomic E-state index is 9.94. The number of ether oxygens (including phenoxy) is 3. The molecule has 0 amide bonds. The molecular formula is C50H51Cl7N12O4S2. The molecule has 16 nitrogen and oxygen atoms in total. The van der Waals surface area contributed by atoms with Crippen LogP contribution in [0.3, 0.4) is 0 Å². The summed E-state index contributed by atoms with van der Waals surface area (Å²) in [4.78, 5) is 31.9. The highest BCUT2D eigenvalue weighted by atomic mass is 35.5. The van der Waals surface area contributed by atoms with Gasteiger partial charge >= 0.3 is 0 Å². The molecule has 0 radical (unpaired) electrons. The van der Waals surface area contributed by atoms with Gasteiger partial charge in [-0.1, -0.05) is 105 Å². The molecule has 1 N–H and O–H groups in total. The van der Waals surface area contributed by atoms with Gasteiger partial charge in [-0.2, -0.15) is 15.2 Å². The number of pyridine rings is 2. The van der Waals surface area contributed by atoms with E-state index in [9.17, 15) is 5.11 Å². The molecule has 0 bridgehead atoms. The van der Waals surface area contributed by atoms with E-state index in [4.69, 9.17) is 105 Å². The monoisotopic (exact) mass is 1190 g/mol. The Morgan fingerprint density at radius 2 is 1.04 bits per heavy atom. The van der Waals surface area contributed by atoms with Crippen LogP contribution in [0.5, 0.6) is 17.4 Å². The number of halogens is 7. The van der Waals surface area contributed by atoms with Crippen LogP contribution in [0.1, 0.15) is 89.5 Å². The zero-order valence-electron chi connectivity index (χ0n) is 40.8. The van der Waals surface area contributed by atoms with E-state index in [2.05, 4.69) is 39.9 Å². The highest BCUT2D eigenvalue weighted by Gasteiger charge is 2.27. The van der Waals surface area contributed by atoms with E-state index in [1.165, 1.54) is 49.2 Å². The van der Waals surface area contributed by atoms with Gasteiger partial charge in [-0.3, -0.25) is 0 Å². The summed E-state index contributed by atoms with van der Waals surface area (Å²) >= 11 is 46.9. The predicted molar refractivity (Wildman–Crippen MR) is 304 cm³/mol. The van der Waals surface area contributed by atoms with Crippen molar-refractivity contribution in [2.24, 2.45) is 0 Å². The first-order valence-electron chi connectivity index (χ1n) is 24.7. The Morgan fingerprint density at radius 1 is 0.547 bits per heavy atom. The number of aromatic nitrogens is 10. The standard InChI is InChI=1S/C25H25Cl3N6O2S.C13H14Cl2N4S.C12H12Cl2N2O2/c1-37-25-31-21-14(23(32-25)33-8-4-2-5-9-33)11-18(27)30-24(21)36-22-15-13-29-34(19-7-3-6-10-35-19)17(15)12-16(26)20(22)28;1-20-13-17-10-8(7-9(14)16-11(10)15)12(18-13)19-5-3-2-4-6-19;13-8-5-9-7(12(17)11(8)14)6-15-16(9)10-3-1-2-4-18-10/h11-13,19H,2-10H2,1H3;7H,2-6H2,1H3;5-6,10,17H,1-4H2. The Hall–Kier alpha value is -3.79. The summed E-state index contributed by atoms with van der Waals surface area (Å²) in [5.74, 6) is 2.33. The molecule has 2 atom stereocenters. The molecule has 12 rings (SSSR count). The molecule has 0 spiro atoms. The van der Waals surface area contributed by atoms with Crippen LogP contribution in [0.15, 0.2) is 47.0 Å². The second-order valence-corrected chi connectivity index (χ2v) is 22.5. The lowest BCUT2D eigenvalue weighted by Crippen LogP contribution is -2.30. The van der Waals surface area contributed by atoms with Crippen molar-refractivity contribution in [2.45, 2.75) is 99.8 Å². The number of rotatable bonds is 8. The Balaban J connectivity index is 0.000000142. The van der Waals surface area contributed by atoms with E-state index >= 15 is 0 Å². The second kappa shape index (κ2) is 24.5. The molecular weight excluding hydrogens is 1140 g/mol. The third-order valence-electron chi connectivity index (χ3n) is 13.4. The van der Waals surface area contributed by atoms with E-state index in [0.717, 1.165) is 118 Å². The molecule has 396 valence electrons. The fourth-order valence-electron chi connectivity index (χ4n) is 9.71. The summed E-state index contributed by atoms with van der Waals surface area (Å²) in [5.41, 5.74) is 2.76. The van der Waals surface area contributed by atoms with Crippen molar-refractivity contribution in [1.82, 2.24) is 49.5 Å². The van der Waals surface area contributed by atoms with Gasteiger partial charge in [0.15, 0.2) is 33.7 Å². The number of hydrogen-bond acceptors (Lipinski definition) is 16. The topological polar surface area (TPSA) is 167 Å². The first-order valence-corrected chi connectivity index (χ1v) is 29.8. The van der Waals surface area contributed by atoms with Crippen LogP contribution in [0.25, 0.3) is 43.6 Å². The molecule has 2 unspecified atom stereocenters. The van der Waals surface area contributed by atoms with Crippen molar-refractivity contribution in [2.75, 3.05) is 61.7 Å². The largest absolute Gasteiger partial charge is 0.506 e. The van der Waals surface area contributed by atoms with Gasteiger partial charge < -0.3 is 29.1 Å². The van der Waals surface area contributed by atoms with Crippen LogP contribution in [0.4, 0.5) is 11.6 Å². The summed E-state index contributed by atoms with van der Waals surface area (Å²) in [6, 6.07) is 7.11. The van der Waals surface area contributed by atoms with Crippen LogP contribution in [-0.4, -0.2) is 106 Å². The number of thioether (sulfide) groups is 2. The minimum Gasteiger partial charge on any atom is -0.506 e. The van der Waals surface area contributed by atoms with E-state index in [1.807, 2.05) is 17.2 Å². The van der Waals surface area contributed by atoms with Gasteiger partial charge in [-0.25, -0.2) is 34.3 Å². The van der Waals surface area contributed by atoms with Gasteiger partial charge in [0.05, 0.1) is 49.6 Å². The number of phenols is 1. The molecule has 4 saturated heterocycles. The lowest BCUT2D eigenvalue weighted by atomic mass is 10.1. The van der Waals surface area contributed by atoms with Gasteiger partial charge in [0.25, 0.3) is 0 Å². The highest BCUT2D eigenvalue weighted by Crippen LogP contribution is 2.45. The Bertz CT molecular complexity index is 3370. The molecule has 75 heavy (non-hydrogen) atoms. The summed E-state index contributed by atoms with van der Waals surface area (Å²) in [5, 5.41) is 25.2. The summed E-state index contributed by atoms with van der Waals surface area (Å²) in [7, 11) is 0. The second-order valence-electron chi connectivity index (χ2n) is 18.3. The Morgan fingerprint density at radius 3 is 1.57 bits per heavy atom. The minimum atomic E-state index is -0.162. The van der Waals surface area contributed by atoms with Crippen LogP contribution >= 0.6 is 105 Å². The van der Waals surface area contributed by atoms with Gasteiger partial charge in [-0.05, 0) is 114 Å². The first kappa shape index (κ1) is 54.6. The maximum absolute atomic E-state index is 9.94. The molecule has 4 aliphatic heterocycles. The summed E-state index contributed by atoms with van der Waals surface area (Å²) < 4.78 is 21.7. The van der Waals surface area contributed by atoms with Crippen molar-refractivity contribution < 1.29 is 19.3 Å². The fourth-order valence-corrected chi connectivity index (χ4v) is 11.8. The first-order chi connectivity index (χ1) is 36.4. The van der Waals surface area contributed by atoms with Gasteiger partial charge in [0, 0.05) is 44.8 Å². The number of phenolic OH excluding ortho intramolecular Hbond substituents is 1. The Labute approximate surface area is 476 Å². The third-order valence-corrected chi connectivity index (χ3v) is 16.7. The SMILES string of the molecule is CSc1nc(N2CCCCC2)c2cc(Cl)nc(Cl)c2n1.CSc1nc(N2CCCCC2)c2cc(Cl)nc(Oc3c(Cl)c(Cl)cc4c3cnn4C3CCCCO3)c2n1.Oc1c(Cl)c(Cl)cc2c1cnn2C1CCCCO1. The zero-order valence-corrected chi connectivity index (χ0v) is 47.8. The van der Waals surface area contributed by atoms with Crippen molar-refractivity contribution in [3.05, 3.63) is 72.2 Å². The van der Waals surface area contributed by atoms with Gasteiger partial charge in [-0.15, -0.1) is 0 Å². The fraction of sp³-hybridized carbons (Fsp3) is 0.440. The lowest BCUT2D eigenvalue weighted by molar-refractivity contribution is -0.0367. The summed E-state index contributed by atoms with van der Waals surface area (Å²) in [6.45, 7) is 5.32. The van der Waals surface area contributed by atoms with E-state index < -0.39 is 0 Å². The van der Waals surface area contributed by atoms with Crippen LogP contribution in [0.2, 0.25) is 35.5 Å². The minimum absolute atomic E-state index is 0.0266. The lowest BCUT2D eigenvalue weighted by Gasteiger charge is -2.29. The van der Waals surface area contributed by atoms with E-state index in [-0.39, 0.29) is 39.3 Å². The van der Waals surface area contributed by atoms with Crippen molar-refractivity contribution >= 4 is 160 Å². The van der Waals surface area contributed by atoms with Crippen molar-refractivity contribution in [3.63, 3.8) is 0 Å². The van der Waals surface area contributed by atoms with Crippen LogP contribution < -0.4 is 14.5 Å². The number of hydrogen-bond donors (Lipinski definition) is 1. The average Bonchev–Trinajstić information content (AvgIpc) is 4.07. The normalized spacial score (nSPS) is 18.3. The molecule has 10 heterocycles. The number of piperidine rings is 2. The summed E-state index contributed by atoms with van der Waals surface area (Å²) in [6.07, 6.45) is 20.2. The van der Waals surface area contributed by atoms with Gasteiger partial charge in [0.1, 0.15) is 48.8 Å². The quantitative estimate of drug-likeness (QED) is 0.0866. The number of aromatic hydroxyl groups is 1. The van der Waals surface area contributed by atoms with Crippen molar-refractivity contribution in [3.8, 4) is 17.4 Å². The number of anilines is 2. The zero-order chi connectivity index (χ0) is 52.3. The predicted octanol–water partition coefficient (Wildman–Crippen LogP) is 15.3. The Kier molecular flexibility index (Phi) is 17.8. The maximum Gasteiger partial charge on any atom is 0.247 e. The molecule has 0 aliphatic carbocycles.